The van der Waals surface area contributed by atoms with Gasteiger partial charge in [-0.3, -0.25) is 4.90 Å². The Morgan fingerprint density at radius 3 is 1.58 bits per heavy atom. The first-order chi connectivity index (χ1) is 4.80. The zero-order chi connectivity index (χ0) is 7.98. The first-order valence-corrected chi connectivity index (χ1v) is 4.00. The fourth-order valence-electron chi connectivity index (χ4n) is 0.736. The summed E-state index contributed by atoms with van der Waals surface area (Å²) >= 11 is 0. The van der Waals surface area contributed by atoms with E-state index in [1.165, 1.54) is 0 Å². The second kappa shape index (κ2) is 10.9. The molecular weight excluding hydrogens is 149 g/mol. The van der Waals surface area contributed by atoms with Crippen molar-refractivity contribution in [3.8, 4) is 0 Å². The number of hydrogen-bond donors (Lipinski definition) is 2. The Hall–Kier alpha value is -0.0551. The SMILES string of the molecule is C.CC.CC(C)N1CNNC1.[B]. The Kier molecular flexibility index (Phi) is 16.3. The Balaban J connectivity index is -0.000000189. The van der Waals surface area contributed by atoms with Gasteiger partial charge < -0.3 is 0 Å². The van der Waals surface area contributed by atoms with E-state index in [4.69, 9.17) is 0 Å². The monoisotopic (exact) mass is 172 g/mol. The molecule has 1 saturated heterocycles. The van der Waals surface area contributed by atoms with Gasteiger partial charge in [0.1, 0.15) is 0 Å². The minimum absolute atomic E-state index is 0. The van der Waals surface area contributed by atoms with Crippen molar-refractivity contribution in [2.75, 3.05) is 13.3 Å². The molecule has 0 aromatic heterocycles. The third-order valence-corrected chi connectivity index (χ3v) is 1.42. The van der Waals surface area contributed by atoms with Crippen LogP contribution in [0.3, 0.4) is 0 Å². The summed E-state index contributed by atoms with van der Waals surface area (Å²) in [6.07, 6.45) is 0. The summed E-state index contributed by atoms with van der Waals surface area (Å²) in [5.41, 5.74) is 6.06. The van der Waals surface area contributed by atoms with Crippen LogP contribution in [0.4, 0.5) is 0 Å². The Labute approximate surface area is 79.5 Å². The Bertz CT molecular complexity index is 72.7. The summed E-state index contributed by atoms with van der Waals surface area (Å²) in [6, 6.07) is 0.650. The molecule has 1 aliphatic rings. The van der Waals surface area contributed by atoms with Gasteiger partial charge in [-0.05, 0) is 13.8 Å². The van der Waals surface area contributed by atoms with E-state index in [0.717, 1.165) is 13.3 Å². The van der Waals surface area contributed by atoms with Crippen LogP contribution in [0.2, 0.25) is 0 Å². The van der Waals surface area contributed by atoms with E-state index < -0.39 is 0 Å². The molecule has 2 N–H and O–H groups in total. The Morgan fingerprint density at radius 1 is 1.08 bits per heavy atom. The van der Waals surface area contributed by atoms with Gasteiger partial charge in [-0.25, -0.2) is 10.9 Å². The Morgan fingerprint density at radius 2 is 1.42 bits per heavy atom. The highest BCUT2D eigenvalue weighted by Gasteiger charge is 2.11. The molecule has 3 nitrogen and oxygen atoms in total. The van der Waals surface area contributed by atoms with E-state index in [0.29, 0.717) is 6.04 Å². The minimum Gasteiger partial charge on any atom is -0.273 e. The molecule has 0 saturated carbocycles. The zero-order valence-corrected chi connectivity index (χ0v) is 8.02. The zero-order valence-electron chi connectivity index (χ0n) is 8.02. The fraction of sp³-hybridized carbons (Fsp3) is 1.00. The lowest BCUT2D eigenvalue weighted by atomic mass is 10.4. The quantitative estimate of drug-likeness (QED) is 0.578. The molecule has 4 heteroatoms. The van der Waals surface area contributed by atoms with Gasteiger partial charge in [0.25, 0.3) is 0 Å². The molecule has 1 aliphatic heterocycles. The van der Waals surface area contributed by atoms with Crippen LogP contribution in [0, 0.1) is 0 Å². The molecule has 0 aromatic carbocycles. The molecule has 1 rings (SSSR count). The van der Waals surface area contributed by atoms with Gasteiger partial charge >= 0.3 is 0 Å². The van der Waals surface area contributed by atoms with E-state index in [1.54, 1.807) is 0 Å². The second-order valence-electron chi connectivity index (χ2n) is 2.35. The van der Waals surface area contributed by atoms with Crippen molar-refractivity contribution >= 4 is 8.41 Å². The predicted molar refractivity (Wildman–Crippen MR) is 56.8 cm³/mol. The lowest BCUT2D eigenvalue weighted by molar-refractivity contribution is 0.269. The molecule has 73 valence electrons. The van der Waals surface area contributed by atoms with Crippen LogP contribution in [-0.4, -0.2) is 32.7 Å². The molecule has 1 heterocycles. The third kappa shape index (κ3) is 6.64. The van der Waals surface area contributed by atoms with Crippen molar-refractivity contribution in [3.63, 3.8) is 0 Å². The van der Waals surface area contributed by atoms with Crippen molar-refractivity contribution in [1.29, 1.82) is 0 Å². The number of nitrogens with zero attached hydrogens (tertiary/aromatic N) is 1. The van der Waals surface area contributed by atoms with Gasteiger partial charge in [0, 0.05) is 14.5 Å². The number of rotatable bonds is 1. The average molecular weight is 172 g/mol. The smallest absolute Gasteiger partial charge is 0.0629 e. The van der Waals surface area contributed by atoms with Gasteiger partial charge in [-0.15, -0.1) is 0 Å². The maximum atomic E-state index is 3.03. The van der Waals surface area contributed by atoms with E-state index in [2.05, 4.69) is 29.6 Å². The van der Waals surface area contributed by atoms with Crippen LogP contribution in [0.15, 0.2) is 0 Å². The minimum atomic E-state index is 0. The van der Waals surface area contributed by atoms with Crippen LogP contribution in [0.1, 0.15) is 35.1 Å². The topological polar surface area (TPSA) is 27.3 Å². The van der Waals surface area contributed by atoms with Gasteiger partial charge in [0.2, 0.25) is 0 Å². The first-order valence-electron chi connectivity index (χ1n) is 4.00. The second-order valence-corrected chi connectivity index (χ2v) is 2.35. The highest BCUT2D eigenvalue weighted by atomic mass is 15.5. The molecule has 3 radical (unpaired) electrons. The normalized spacial score (nSPS) is 15.8. The molecule has 0 spiro atoms. The average Bonchev–Trinajstić information content (AvgIpc) is 2.42. The first kappa shape index (κ1) is 17.9. The van der Waals surface area contributed by atoms with E-state index in [-0.39, 0.29) is 15.8 Å². The lowest BCUT2D eigenvalue weighted by Crippen LogP contribution is -2.29. The van der Waals surface area contributed by atoms with E-state index >= 15 is 0 Å². The number of hydrogen-bond acceptors (Lipinski definition) is 3. The molecule has 0 bridgehead atoms. The summed E-state index contributed by atoms with van der Waals surface area (Å²) in [5.74, 6) is 0. The van der Waals surface area contributed by atoms with E-state index in [9.17, 15) is 0 Å². The molecule has 0 atom stereocenters. The summed E-state index contributed by atoms with van der Waals surface area (Å²) in [6.45, 7) is 10.3. The summed E-state index contributed by atoms with van der Waals surface area (Å²) in [4.78, 5) is 2.31. The maximum absolute atomic E-state index is 3.03. The molecule has 0 amide bonds. The highest BCUT2D eigenvalue weighted by Crippen LogP contribution is 1.95. The van der Waals surface area contributed by atoms with Gasteiger partial charge in [-0.2, -0.15) is 0 Å². The lowest BCUT2D eigenvalue weighted by Gasteiger charge is -2.16. The van der Waals surface area contributed by atoms with Crippen molar-refractivity contribution in [2.45, 2.75) is 41.2 Å². The van der Waals surface area contributed by atoms with Crippen molar-refractivity contribution in [3.05, 3.63) is 0 Å². The van der Waals surface area contributed by atoms with E-state index in [1.807, 2.05) is 13.8 Å². The molecule has 0 aromatic rings. The van der Waals surface area contributed by atoms with Crippen molar-refractivity contribution in [2.24, 2.45) is 0 Å². The molecular formula is C8H23BN3. The van der Waals surface area contributed by atoms with Crippen LogP contribution in [0.25, 0.3) is 0 Å². The fourth-order valence-corrected chi connectivity index (χ4v) is 0.736. The molecule has 0 unspecified atom stereocenters. The molecule has 1 fully saturated rings. The standard InChI is InChI=1S/C5H13N3.C2H6.CH4.B/c1-5(2)8-3-6-7-4-8;1-2;;/h5-7H,3-4H2,1-2H3;1-2H3;1H4;. The van der Waals surface area contributed by atoms with Gasteiger partial charge in [-0.1, -0.05) is 21.3 Å². The van der Waals surface area contributed by atoms with Gasteiger partial charge in [0.15, 0.2) is 0 Å². The summed E-state index contributed by atoms with van der Waals surface area (Å²) in [5, 5.41) is 0. The summed E-state index contributed by atoms with van der Waals surface area (Å²) in [7, 11) is 0. The van der Waals surface area contributed by atoms with Crippen LogP contribution in [0.5, 0.6) is 0 Å². The maximum Gasteiger partial charge on any atom is 0.0629 e. The summed E-state index contributed by atoms with van der Waals surface area (Å²) < 4.78 is 0. The van der Waals surface area contributed by atoms with Gasteiger partial charge in [0.05, 0.1) is 13.3 Å². The number of hydrazine groups is 1. The van der Waals surface area contributed by atoms with Crippen molar-refractivity contribution < 1.29 is 0 Å². The third-order valence-electron chi connectivity index (χ3n) is 1.42. The van der Waals surface area contributed by atoms with Crippen LogP contribution >= 0.6 is 0 Å². The largest absolute Gasteiger partial charge is 0.273 e. The predicted octanol–water partition coefficient (Wildman–Crippen LogP) is 1.00. The molecule has 12 heavy (non-hydrogen) atoms. The number of nitrogens with one attached hydrogen (secondary N) is 2. The highest BCUT2D eigenvalue weighted by molar-refractivity contribution is 5.75. The van der Waals surface area contributed by atoms with Crippen molar-refractivity contribution in [1.82, 2.24) is 15.8 Å². The van der Waals surface area contributed by atoms with Crippen LogP contribution < -0.4 is 10.9 Å². The van der Waals surface area contributed by atoms with Crippen LogP contribution in [-0.2, 0) is 0 Å². The molecule has 0 aliphatic carbocycles.